The van der Waals surface area contributed by atoms with Crippen LogP contribution in [-0.2, 0) is 5.41 Å². The Balaban J connectivity index is 1.18. The van der Waals surface area contributed by atoms with Crippen LogP contribution in [-0.4, -0.2) is 14.5 Å². The zero-order valence-electron chi connectivity index (χ0n) is 26.0. The monoisotopic (exact) mass is 619 g/mol. The van der Waals surface area contributed by atoms with Crippen molar-refractivity contribution >= 4 is 54.1 Å². The second-order valence-corrected chi connectivity index (χ2v) is 14.0. The summed E-state index contributed by atoms with van der Waals surface area (Å²) in [5, 5.41) is 4.97. The lowest BCUT2D eigenvalue weighted by atomic mass is 9.81. The molecular formula is C43H29N3S. The van der Waals surface area contributed by atoms with E-state index in [4.69, 9.17) is 9.97 Å². The zero-order valence-corrected chi connectivity index (χ0v) is 26.8. The lowest BCUT2D eigenvalue weighted by Gasteiger charge is -2.21. The number of hydrogen-bond donors (Lipinski definition) is 0. The van der Waals surface area contributed by atoms with E-state index in [0.29, 0.717) is 0 Å². The van der Waals surface area contributed by atoms with Crippen LogP contribution >= 0.6 is 11.3 Å². The van der Waals surface area contributed by atoms with Crippen LogP contribution in [0, 0.1) is 0 Å². The van der Waals surface area contributed by atoms with E-state index in [1.165, 1.54) is 53.5 Å². The average Bonchev–Trinajstić information content (AvgIpc) is 3.75. The van der Waals surface area contributed by atoms with Gasteiger partial charge >= 0.3 is 0 Å². The van der Waals surface area contributed by atoms with Crippen molar-refractivity contribution in [3.63, 3.8) is 0 Å². The topological polar surface area (TPSA) is 30.7 Å². The highest BCUT2D eigenvalue weighted by Gasteiger charge is 2.39. The Morgan fingerprint density at radius 3 is 2.13 bits per heavy atom. The summed E-state index contributed by atoms with van der Waals surface area (Å²) >= 11 is 1.94. The molecule has 9 aromatic rings. The van der Waals surface area contributed by atoms with Crippen LogP contribution in [0.2, 0.25) is 0 Å². The molecule has 4 heteroatoms. The van der Waals surface area contributed by atoms with Gasteiger partial charge in [-0.3, -0.25) is 0 Å². The molecule has 0 aliphatic heterocycles. The Hall–Kier alpha value is -5.58. The molecule has 47 heavy (non-hydrogen) atoms. The van der Waals surface area contributed by atoms with E-state index in [9.17, 15) is 0 Å². The fourth-order valence-electron chi connectivity index (χ4n) is 7.82. The lowest BCUT2D eigenvalue weighted by Crippen LogP contribution is -2.14. The SMILES string of the molecule is CC1(C)c2ccccc2-c2sc3c(ccc4c5ccccc5n(-c5ccc(-c6nc(-c7ccccc7)c7ccccc7n6)cc5)c43)c21. The van der Waals surface area contributed by atoms with Gasteiger partial charge in [-0.05, 0) is 58.5 Å². The van der Waals surface area contributed by atoms with Crippen molar-refractivity contribution < 1.29 is 0 Å². The van der Waals surface area contributed by atoms with E-state index in [-0.39, 0.29) is 5.41 Å². The van der Waals surface area contributed by atoms with Gasteiger partial charge in [0, 0.05) is 43.3 Å². The largest absolute Gasteiger partial charge is 0.308 e. The van der Waals surface area contributed by atoms with Crippen LogP contribution in [0.15, 0.2) is 140 Å². The third kappa shape index (κ3) is 3.73. The summed E-state index contributed by atoms with van der Waals surface area (Å²) in [5.41, 5.74) is 11.8. The smallest absolute Gasteiger partial charge is 0.160 e. The van der Waals surface area contributed by atoms with Crippen molar-refractivity contribution in [2.24, 2.45) is 0 Å². The van der Waals surface area contributed by atoms with Gasteiger partial charge in [0.25, 0.3) is 0 Å². The first-order valence-corrected chi connectivity index (χ1v) is 16.9. The number of hydrogen-bond acceptors (Lipinski definition) is 3. The number of para-hydroxylation sites is 2. The van der Waals surface area contributed by atoms with Crippen LogP contribution < -0.4 is 0 Å². The molecule has 1 aliphatic carbocycles. The molecule has 3 nitrogen and oxygen atoms in total. The van der Waals surface area contributed by atoms with E-state index < -0.39 is 0 Å². The van der Waals surface area contributed by atoms with Gasteiger partial charge in [0.2, 0.25) is 0 Å². The van der Waals surface area contributed by atoms with Gasteiger partial charge in [-0.15, -0.1) is 11.3 Å². The zero-order chi connectivity index (χ0) is 31.3. The van der Waals surface area contributed by atoms with Gasteiger partial charge in [-0.25, -0.2) is 9.97 Å². The first-order valence-electron chi connectivity index (χ1n) is 16.1. The second kappa shape index (κ2) is 9.71. The Morgan fingerprint density at radius 1 is 0.574 bits per heavy atom. The summed E-state index contributed by atoms with van der Waals surface area (Å²) in [6, 6.07) is 49.9. The first-order chi connectivity index (χ1) is 23.1. The van der Waals surface area contributed by atoms with Crippen LogP contribution in [0.1, 0.15) is 25.0 Å². The highest BCUT2D eigenvalue weighted by Crippen LogP contribution is 2.56. The second-order valence-electron chi connectivity index (χ2n) is 13.0. The van der Waals surface area contributed by atoms with Gasteiger partial charge in [-0.1, -0.05) is 117 Å². The van der Waals surface area contributed by atoms with Crippen LogP contribution in [0.25, 0.3) is 81.6 Å². The van der Waals surface area contributed by atoms with E-state index >= 15 is 0 Å². The molecule has 3 heterocycles. The Kier molecular flexibility index (Phi) is 5.50. The molecule has 10 rings (SSSR count). The van der Waals surface area contributed by atoms with Crippen molar-refractivity contribution in [1.29, 1.82) is 0 Å². The molecule has 0 unspecified atom stereocenters. The van der Waals surface area contributed by atoms with Crippen molar-refractivity contribution in [3.8, 4) is 38.8 Å². The van der Waals surface area contributed by atoms with E-state index in [2.05, 4.69) is 146 Å². The highest BCUT2D eigenvalue weighted by atomic mass is 32.1. The molecule has 0 saturated heterocycles. The lowest BCUT2D eigenvalue weighted by molar-refractivity contribution is 0.667. The molecule has 3 aromatic heterocycles. The molecule has 0 spiro atoms. The number of nitrogens with zero attached hydrogens (tertiary/aromatic N) is 3. The standard InChI is InChI=1S/C43H29N3S/c1-43(2)34-17-9-6-15-31(34)40-37(43)33-25-24-30-29-14-8-11-19-36(29)46(39(30)41(33)47-40)28-22-20-27(21-23-28)42-44-35-18-10-7-16-32(35)38(45-42)26-12-4-3-5-13-26/h3-25H,1-2H3. The third-order valence-electron chi connectivity index (χ3n) is 9.99. The molecule has 0 fully saturated rings. The Morgan fingerprint density at radius 2 is 1.28 bits per heavy atom. The predicted octanol–water partition coefficient (Wildman–Crippen LogP) is 11.6. The van der Waals surface area contributed by atoms with Crippen LogP contribution in [0.4, 0.5) is 0 Å². The van der Waals surface area contributed by atoms with Crippen molar-refractivity contribution in [2.75, 3.05) is 0 Å². The fraction of sp³-hybridized carbons (Fsp3) is 0.0698. The van der Waals surface area contributed by atoms with Crippen molar-refractivity contribution in [2.45, 2.75) is 19.3 Å². The molecule has 0 atom stereocenters. The molecular weight excluding hydrogens is 591 g/mol. The average molecular weight is 620 g/mol. The highest BCUT2D eigenvalue weighted by molar-refractivity contribution is 7.23. The summed E-state index contributed by atoms with van der Waals surface area (Å²) < 4.78 is 3.80. The van der Waals surface area contributed by atoms with E-state index in [1.54, 1.807) is 0 Å². The molecule has 0 bridgehead atoms. The minimum atomic E-state index is -0.0468. The minimum Gasteiger partial charge on any atom is -0.308 e. The summed E-state index contributed by atoms with van der Waals surface area (Å²) in [6.45, 7) is 4.75. The normalized spacial score (nSPS) is 13.5. The van der Waals surface area contributed by atoms with E-state index in [0.717, 1.165) is 39.2 Å². The Bertz CT molecular complexity index is 2700. The van der Waals surface area contributed by atoms with Gasteiger partial charge in [0.05, 0.1) is 26.9 Å². The summed E-state index contributed by atoms with van der Waals surface area (Å²) in [4.78, 5) is 11.5. The van der Waals surface area contributed by atoms with Gasteiger partial charge in [-0.2, -0.15) is 0 Å². The summed E-state index contributed by atoms with van der Waals surface area (Å²) in [5.74, 6) is 0.731. The van der Waals surface area contributed by atoms with E-state index in [1.807, 2.05) is 23.5 Å². The maximum Gasteiger partial charge on any atom is 0.160 e. The van der Waals surface area contributed by atoms with Crippen molar-refractivity contribution in [1.82, 2.24) is 14.5 Å². The quantitative estimate of drug-likeness (QED) is 0.197. The molecule has 0 amide bonds. The molecule has 0 N–H and O–H groups in total. The fourth-order valence-corrected chi connectivity index (χ4v) is 9.36. The number of aromatic nitrogens is 3. The maximum absolute atomic E-state index is 5.12. The number of thiophene rings is 1. The van der Waals surface area contributed by atoms with Crippen molar-refractivity contribution in [3.05, 3.63) is 151 Å². The summed E-state index contributed by atoms with van der Waals surface area (Å²) in [7, 11) is 0. The molecule has 0 saturated carbocycles. The molecule has 6 aromatic carbocycles. The van der Waals surface area contributed by atoms with Crippen LogP contribution in [0.3, 0.4) is 0 Å². The number of fused-ring (bicyclic) bond motifs is 10. The molecule has 1 aliphatic rings. The molecule has 222 valence electrons. The predicted molar refractivity (Wildman–Crippen MR) is 198 cm³/mol. The van der Waals surface area contributed by atoms with Gasteiger partial charge in [0.1, 0.15) is 0 Å². The Labute approximate surface area is 276 Å². The first kappa shape index (κ1) is 26.6. The van der Waals surface area contributed by atoms with Crippen LogP contribution in [0.5, 0.6) is 0 Å². The molecule has 0 radical (unpaired) electrons. The number of benzene rings is 6. The number of rotatable bonds is 3. The summed E-state index contributed by atoms with van der Waals surface area (Å²) in [6.07, 6.45) is 0. The minimum absolute atomic E-state index is 0.0468. The van der Waals surface area contributed by atoms with Gasteiger partial charge < -0.3 is 4.57 Å². The maximum atomic E-state index is 5.12. The van der Waals surface area contributed by atoms with Gasteiger partial charge in [0.15, 0.2) is 5.82 Å². The third-order valence-corrected chi connectivity index (χ3v) is 11.2.